The number of hydrogen-bond acceptors (Lipinski definition) is 7. The molecule has 1 fully saturated rings. The second-order valence-corrected chi connectivity index (χ2v) is 6.18. The van der Waals surface area contributed by atoms with Gasteiger partial charge in [-0.1, -0.05) is 12.1 Å². The Morgan fingerprint density at radius 1 is 1.15 bits per heavy atom. The average Bonchev–Trinajstić information content (AvgIpc) is 3.08. The van der Waals surface area contributed by atoms with Crippen molar-refractivity contribution in [2.24, 2.45) is 7.05 Å². The molecule has 0 bridgehead atoms. The number of nitrogens with one attached hydrogen (secondary N) is 1. The van der Waals surface area contributed by atoms with Crippen molar-refractivity contribution < 1.29 is 9.47 Å². The van der Waals surface area contributed by atoms with Crippen LogP contribution in [0.5, 0.6) is 5.75 Å². The second kappa shape index (κ2) is 7.17. The van der Waals surface area contributed by atoms with Gasteiger partial charge in [-0.25, -0.2) is 0 Å². The van der Waals surface area contributed by atoms with Gasteiger partial charge in [0.25, 0.3) is 0 Å². The third kappa shape index (κ3) is 3.28. The van der Waals surface area contributed by atoms with Gasteiger partial charge in [-0.2, -0.15) is 15.1 Å². The highest BCUT2D eigenvalue weighted by Gasteiger charge is 2.18. The van der Waals surface area contributed by atoms with E-state index in [-0.39, 0.29) is 0 Å². The number of anilines is 2. The Bertz CT molecular complexity index is 887. The summed E-state index contributed by atoms with van der Waals surface area (Å²) in [6, 6.07) is 7.98. The maximum Gasteiger partial charge on any atom is 0.229 e. The van der Waals surface area contributed by atoms with Crippen molar-refractivity contribution in [2.45, 2.75) is 6.54 Å². The lowest BCUT2D eigenvalue weighted by Crippen LogP contribution is -2.37. The molecule has 8 heteroatoms. The molecule has 26 heavy (non-hydrogen) atoms. The van der Waals surface area contributed by atoms with Crippen LogP contribution in [-0.4, -0.2) is 53.2 Å². The smallest absolute Gasteiger partial charge is 0.229 e. The van der Waals surface area contributed by atoms with E-state index in [0.717, 1.165) is 41.3 Å². The largest absolute Gasteiger partial charge is 0.497 e. The molecule has 1 aliphatic rings. The maximum absolute atomic E-state index is 5.43. The molecule has 0 aliphatic carbocycles. The summed E-state index contributed by atoms with van der Waals surface area (Å²) in [4.78, 5) is 11.6. The molecule has 0 spiro atoms. The number of benzene rings is 1. The highest BCUT2D eigenvalue weighted by Crippen LogP contribution is 2.24. The summed E-state index contributed by atoms with van der Waals surface area (Å²) in [6.45, 7) is 3.64. The molecule has 0 radical (unpaired) electrons. The van der Waals surface area contributed by atoms with Gasteiger partial charge in [0.15, 0.2) is 5.65 Å². The quantitative estimate of drug-likeness (QED) is 0.749. The fourth-order valence-electron chi connectivity index (χ4n) is 2.98. The van der Waals surface area contributed by atoms with Crippen LogP contribution in [-0.2, 0) is 18.3 Å². The van der Waals surface area contributed by atoms with Crippen LogP contribution < -0.4 is 15.0 Å². The van der Waals surface area contributed by atoms with Crippen molar-refractivity contribution in [3.05, 3.63) is 36.0 Å². The normalized spacial score (nSPS) is 14.6. The molecule has 3 heterocycles. The van der Waals surface area contributed by atoms with Crippen molar-refractivity contribution >= 4 is 22.8 Å². The first-order valence-corrected chi connectivity index (χ1v) is 8.64. The molecule has 0 saturated carbocycles. The summed E-state index contributed by atoms with van der Waals surface area (Å²) in [5.41, 5.74) is 1.97. The molecule has 0 atom stereocenters. The maximum atomic E-state index is 5.43. The van der Waals surface area contributed by atoms with Gasteiger partial charge < -0.3 is 19.7 Å². The molecule has 4 rings (SSSR count). The minimum absolute atomic E-state index is 0.660. The second-order valence-electron chi connectivity index (χ2n) is 6.18. The number of aryl methyl sites for hydroxylation is 1. The summed E-state index contributed by atoms with van der Waals surface area (Å²) < 4.78 is 12.4. The van der Waals surface area contributed by atoms with Crippen LogP contribution in [0.25, 0.3) is 11.0 Å². The minimum Gasteiger partial charge on any atom is -0.497 e. The lowest BCUT2D eigenvalue weighted by atomic mass is 10.2. The zero-order chi connectivity index (χ0) is 17.9. The van der Waals surface area contributed by atoms with Gasteiger partial charge in [-0.05, 0) is 17.7 Å². The Morgan fingerprint density at radius 2 is 1.92 bits per heavy atom. The number of morpholine rings is 1. The number of nitrogens with zero attached hydrogens (tertiary/aromatic N) is 5. The van der Waals surface area contributed by atoms with E-state index < -0.39 is 0 Å². The van der Waals surface area contributed by atoms with Gasteiger partial charge in [0.2, 0.25) is 5.95 Å². The Balaban J connectivity index is 1.61. The van der Waals surface area contributed by atoms with E-state index in [1.807, 2.05) is 31.3 Å². The van der Waals surface area contributed by atoms with Gasteiger partial charge in [-0.15, -0.1) is 0 Å². The Hall–Kier alpha value is -2.87. The van der Waals surface area contributed by atoms with Crippen molar-refractivity contribution in [3.8, 4) is 5.75 Å². The summed E-state index contributed by atoms with van der Waals surface area (Å²) in [7, 11) is 3.56. The van der Waals surface area contributed by atoms with Crippen LogP contribution in [0.4, 0.5) is 11.8 Å². The number of methoxy groups -OCH3 is 1. The topological polar surface area (TPSA) is 77.3 Å². The van der Waals surface area contributed by atoms with Crippen LogP contribution in [0.1, 0.15) is 5.56 Å². The standard InChI is InChI=1S/C18H22N6O2/c1-23-17-15(12-20-23)16(19-11-13-3-5-14(25-2)6-4-13)21-18(22-17)24-7-9-26-10-8-24/h3-6,12H,7-11H2,1-2H3,(H,19,21,22). The fourth-order valence-corrected chi connectivity index (χ4v) is 2.98. The first kappa shape index (κ1) is 16.6. The first-order valence-electron chi connectivity index (χ1n) is 8.64. The average molecular weight is 354 g/mol. The third-order valence-electron chi connectivity index (χ3n) is 4.49. The summed E-state index contributed by atoms with van der Waals surface area (Å²) in [5, 5.41) is 8.68. The van der Waals surface area contributed by atoms with Crippen LogP contribution in [0.15, 0.2) is 30.5 Å². The van der Waals surface area contributed by atoms with Crippen molar-refractivity contribution in [1.29, 1.82) is 0 Å². The summed E-state index contributed by atoms with van der Waals surface area (Å²) in [6.07, 6.45) is 1.80. The van der Waals surface area contributed by atoms with E-state index in [9.17, 15) is 0 Å². The van der Waals surface area contributed by atoms with E-state index in [2.05, 4.69) is 15.3 Å². The molecule has 3 aromatic rings. The van der Waals surface area contributed by atoms with E-state index >= 15 is 0 Å². The van der Waals surface area contributed by atoms with Gasteiger partial charge in [0.05, 0.1) is 31.9 Å². The molecule has 8 nitrogen and oxygen atoms in total. The number of rotatable bonds is 5. The highest BCUT2D eigenvalue weighted by atomic mass is 16.5. The summed E-state index contributed by atoms with van der Waals surface area (Å²) in [5.74, 6) is 2.35. The van der Waals surface area contributed by atoms with E-state index in [0.29, 0.717) is 25.7 Å². The van der Waals surface area contributed by atoms with Crippen LogP contribution in [0, 0.1) is 0 Å². The van der Waals surface area contributed by atoms with E-state index in [1.54, 1.807) is 18.0 Å². The molecule has 136 valence electrons. The number of aromatic nitrogens is 4. The molecular formula is C18H22N6O2. The van der Waals surface area contributed by atoms with Gasteiger partial charge >= 0.3 is 0 Å². The zero-order valence-corrected chi connectivity index (χ0v) is 15.0. The lowest BCUT2D eigenvalue weighted by molar-refractivity contribution is 0.122. The molecule has 2 aromatic heterocycles. The van der Waals surface area contributed by atoms with Crippen molar-refractivity contribution in [1.82, 2.24) is 19.7 Å². The van der Waals surface area contributed by atoms with Crippen LogP contribution in [0.2, 0.25) is 0 Å². The van der Waals surface area contributed by atoms with Crippen LogP contribution in [0.3, 0.4) is 0 Å². The van der Waals surface area contributed by atoms with Gasteiger partial charge in [-0.3, -0.25) is 4.68 Å². The molecule has 1 N–H and O–H groups in total. The van der Waals surface area contributed by atoms with Gasteiger partial charge in [0.1, 0.15) is 11.6 Å². The van der Waals surface area contributed by atoms with Gasteiger partial charge in [0, 0.05) is 26.7 Å². The van der Waals surface area contributed by atoms with E-state index in [4.69, 9.17) is 19.4 Å². The van der Waals surface area contributed by atoms with Crippen LogP contribution >= 0.6 is 0 Å². The fraction of sp³-hybridized carbons (Fsp3) is 0.389. The molecular weight excluding hydrogens is 332 g/mol. The zero-order valence-electron chi connectivity index (χ0n) is 15.0. The lowest BCUT2D eigenvalue weighted by Gasteiger charge is -2.27. The number of hydrogen-bond donors (Lipinski definition) is 1. The number of ether oxygens (including phenoxy) is 2. The third-order valence-corrected chi connectivity index (χ3v) is 4.49. The highest BCUT2D eigenvalue weighted by molar-refractivity contribution is 5.87. The Morgan fingerprint density at radius 3 is 2.65 bits per heavy atom. The minimum atomic E-state index is 0.660. The molecule has 1 aliphatic heterocycles. The molecule has 1 aromatic carbocycles. The first-order chi connectivity index (χ1) is 12.7. The molecule has 0 amide bonds. The molecule has 0 unspecified atom stereocenters. The SMILES string of the molecule is COc1ccc(CNc2nc(N3CCOCC3)nc3c2cnn3C)cc1. The number of fused-ring (bicyclic) bond motifs is 1. The predicted octanol–water partition coefficient (Wildman–Crippen LogP) is 1.82. The predicted molar refractivity (Wildman–Crippen MR) is 99.7 cm³/mol. The van der Waals surface area contributed by atoms with Crippen molar-refractivity contribution in [3.63, 3.8) is 0 Å². The summed E-state index contributed by atoms with van der Waals surface area (Å²) >= 11 is 0. The van der Waals surface area contributed by atoms with E-state index in [1.165, 1.54) is 0 Å². The Kier molecular flexibility index (Phi) is 4.57. The Labute approximate surface area is 151 Å². The molecule has 1 saturated heterocycles. The monoisotopic (exact) mass is 354 g/mol. The van der Waals surface area contributed by atoms with Crippen molar-refractivity contribution in [2.75, 3.05) is 43.6 Å².